The Bertz CT molecular complexity index is 416. The molecular weight excluding hydrogens is 224 g/mol. The lowest BCUT2D eigenvalue weighted by molar-refractivity contribution is -0.141. The lowest BCUT2D eigenvalue weighted by Gasteiger charge is -2.12. The number of likely N-dealkylation sites (N-methyl/N-ethyl adjacent to an activating group) is 1. The predicted molar refractivity (Wildman–Crippen MR) is 57.6 cm³/mol. The first-order chi connectivity index (χ1) is 8.04. The molecule has 17 heavy (non-hydrogen) atoms. The normalized spacial score (nSPS) is 31.1. The number of rotatable bonds is 2. The maximum Gasteiger partial charge on any atom is 0.328 e. The van der Waals surface area contributed by atoms with Gasteiger partial charge in [-0.15, -0.1) is 0 Å². The number of urea groups is 1. The second-order valence-corrected chi connectivity index (χ2v) is 4.18. The second-order valence-electron chi connectivity index (χ2n) is 4.18. The van der Waals surface area contributed by atoms with Crippen molar-refractivity contribution < 1.29 is 19.1 Å². The van der Waals surface area contributed by atoms with Gasteiger partial charge in [0, 0.05) is 13.0 Å². The average Bonchev–Trinajstić information content (AvgIpc) is 2.75. The highest BCUT2D eigenvalue weighted by molar-refractivity contribution is 6.11. The largest absolute Gasteiger partial charge is 0.465 e. The number of hydrogen-bond donors (Lipinski definition) is 1. The Morgan fingerprint density at radius 2 is 2.18 bits per heavy atom. The zero-order chi connectivity index (χ0) is 12.6. The summed E-state index contributed by atoms with van der Waals surface area (Å²) in [5.74, 6) is -1.02. The van der Waals surface area contributed by atoms with Crippen molar-refractivity contribution >= 4 is 17.9 Å². The fourth-order valence-corrected chi connectivity index (χ4v) is 2.11. The van der Waals surface area contributed by atoms with Gasteiger partial charge < -0.3 is 4.74 Å². The summed E-state index contributed by atoms with van der Waals surface area (Å²) in [6.45, 7) is 2.17. The van der Waals surface area contributed by atoms with Crippen LogP contribution in [0.25, 0.3) is 0 Å². The molecule has 0 aliphatic carbocycles. The van der Waals surface area contributed by atoms with Crippen molar-refractivity contribution in [3.05, 3.63) is 11.8 Å². The van der Waals surface area contributed by atoms with Crippen molar-refractivity contribution in [2.75, 3.05) is 13.7 Å². The van der Waals surface area contributed by atoms with Gasteiger partial charge in [-0.1, -0.05) is 6.92 Å². The standard InChI is InChI=1S/C11H14N2O4/c1-3-7-6(5-17-10(7)15)4-8-9(14)12-11(16)13(8)2/h4,6-7H,3,5H2,1-2H3,(H,12,14,16)/b8-4+/t6-,7-/m0/s1. The zero-order valence-corrected chi connectivity index (χ0v) is 9.73. The smallest absolute Gasteiger partial charge is 0.328 e. The van der Waals surface area contributed by atoms with Gasteiger partial charge in [0.25, 0.3) is 5.91 Å². The van der Waals surface area contributed by atoms with Crippen molar-refractivity contribution in [3.63, 3.8) is 0 Å². The summed E-state index contributed by atoms with van der Waals surface area (Å²) in [5.41, 5.74) is 0.289. The molecule has 2 aliphatic heterocycles. The first kappa shape index (κ1) is 11.6. The molecule has 2 saturated heterocycles. The van der Waals surface area contributed by atoms with E-state index in [0.29, 0.717) is 6.42 Å². The maximum atomic E-state index is 11.5. The molecule has 3 amide bonds. The Hall–Kier alpha value is -1.85. The van der Waals surface area contributed by atoms with Crippen LogP contribution in [0.5, 0.6) is 0 Å². The third kappa shape index (κ3) is 1.90. The number of nitrogens with one attached hydrogen (secondary N) is 1. The van der Waals surface area contributed by atoms with E-state index in [4.69, 9.17) is 4.74 Å². The molecule has 0 aromatic rings. The van der Waals surface area contributed by atoms with Gasteiger partial charge in [-0.25, -0.2) is 4.79 Å². The molecular formula is C11H14N2O4. The molecule has 0 unspecified atom stereocenters. The van der Waals surface area contributed by atoms with Crippen LogP contribution in [0, 0.1) is 11.8 Å². The Morgan fingerprint density at radius 1 is 1.47 bits per heavy atom. The fraction of sp³-hybridized carbons (Fsp3) is 0.545. The monoisotopic (exact) mass is 238 g/mol. The third-order valence-electron chi connectivity index (χ3n) is 3.17. The third-order valence-corrected chi connectivity index (χ3v) is 3.17. The van der Waals surface area contributed by atoms with E-state index in [9.17, 15) is 14.4 Å². The van der Waals surface area contributed by atoms with Gasteiger partial charge in [-0.2, -0.15) is 0 Å². The molecule has 0 spiro atoms. The molecule has 2 rings (SSSR count). The van der Waals surface area contributed by atoms with Crippen LogP contribution >= 0.6 is 0 Å². The summed E-state index contributed by atoms with van der Waals surface area (Å²) in [7, 11) is 1.52. The van der Waals surface area contributed by atoms with Crippen molar-refractivity contribution in [2.45, 2.75) is 13.3 Å². The molecule has 6 nitrogen and oxygen atoms in total. The van der Waals surface area contributed by atoms with Crippen LogP contribution in [-0.2, 0) is 14.3 Å². The molecule has 0 bridgehead atoms. The summed E-state index contributed by atoms with van der Waals surface area (Å²) in [6, 6.07) is -0.445. The predicted octanol–water partition coefficient (Wildman–Crippen LogP) is 0.251. The van der Waals surface area contributed by atoms with E-state index in [-0.39, 0.29) is 30.1 Å². The molecule has 92 valence electrons. The second kappa shape index (κ2) is 4.20. The van der Waals surface area contributed by atoms with Gasteiger partial charge in [0.05, 0.1) is 12.5 Å². The fourth-order valence-electron chi connectivity index (χ4n) is 2.11. The molecule has 0 saturated carbocycles. The average molecular weight is 238 g/mol. The van der Waals surface area contributed by atoms with E-state index < -0.39 is 11.9 Å². The Labute approximate surface area is 98.6 Å². The quantitative estimate of drug-likeness (QED) is 0.425. The van der Waals surface area contributed by atoms with Crippen LogP contribution in [0.15, 0.2) is 11.8 Å². The molecule has 2 atom stereocenters. The molecule has 6 heteroatoms. The van der Waals surface area contributed by atoms with E-state index >= 15 is 0 Å². The number of imide groups is 1. The minimum absolute atomic E-state index is 0.137. The topological polar surface area (TPSA) is 75.7 Å². The Morgan fingerprint density at radius 3 is 2.71 bits per heavy atom. The Balaban J connectivity index is 2.22. The summed E-state index contributed by atoms with van der Waals surface area (Å²) in [6.07, 6.45) is 2.31. The van der Waals surface area contributed by atoms with Gasteiger partial charge in [-0.05, 0) is 12.5 Å². The highest BCUT2D eigenvalue weighted by Crippen LogP contribution is 2.28. The first-order valence-corrected chi connectivity index (χ1v) is 5.52. The highest BCUT2D eigenvalue weighted by atomic mass is 16.5. The first-order valence-electron chi connectivity index (χ1n) is 5.52. The van der Waals surface area contributed by atoms with Crippen LogP contribution in [0.3, 0.4) is 0 Å². The van der Waals surface area contributed by atoms with E-state index in [1.807, 2.05) is 6.92 Å². The molecule has 2 heterocycles. The molecule has 2 aliphatic rings. The van der Waals surface area contributed by atoms with Crippen molar-refractivity contribution in [3.8, 4) is 0 Å². The van der Waals surface area contributed by atoms with Gasteiger partial charge in [0.1, 0.15) is 5.70 Å². The number of nitrogens with zero attached hydrogens (tertiary/aromatic N) is 1. The van der Waals surface area contributed by atoms with E-state index in [2.05, 4.69) is 5.32 Å². The van der Waals surface area contributed by atoms with Gasteiger partial charge in [-0.3, -0.25) is 19.8 Å². The number of hydrogen-bond acceptors (Lipinski definition) is 4. The Kier molecular flexibility index (Phi) is 2.87. The van der Waals surface area contributed by atoms with Gasteiger partial charge >= 0.3 is 12.0 Å². The minimum atomic E-state index is -0.445. The van der Waals surface area contributed by atoms with Crippen molar-refractivity contribution in [2.24, 2.45) is 11.8 Å². The SMILES string of the molecule is CC[C@@H]1C(=O)OC[C@@H]1/C=C1\C(=O)NC(=O)N1C. The van der Waals surface area contributed by atoms with Crippen molar-refractivity contribution in [1.82, 2.24) is 10.2 Å². The summed E-state index contributed by atoms with van der Waals surface area (Å²) < 4.78 is 4.96. The maximum absolute atomic E-state index is 11.5. The minimum Gasteiger partial charge on any atom is -0.465 e. The molecule has 1 N–H and O–H groups in total. The molecule has 0 radical (unpaired) electrons. The number of cyclic esters (lactones) is 1. The van der Waals surface area contributed by atoms with Crippen molar-refractivity contribution in [1.29, 1.82) is 0 Å². The van der Waals surface area contributed by atoms with E-state index in [1.54, 1.807) is 6.08 Å². The number of amides is 3. The van der Waals surface area contributed by atoms with Gasteiger partial charge in [0.15, 0.2) is 0 Å². The van der Waals surface area contributed by atoms with Crippen LogP contribution in [0.1, 0.15) is 13.3 Å². The highest BCUT2D eigenvalue weighted by Gasteiger charge is 2.37. The van der Waals surface area contributed by atoms with Crippen LogP contribution in [0.4, 0.5) is 4.79 Å². The lowest BCUT2D eigenvalue weighted by Crippen LogP contribution is -2.24. The summed E-state index contributed by atoms with van der Waals surface area (Å²) in [5, 5.41) is 2.19. The number of carbonyl (C=O) groups excluding carboxylic acids is 3. The molecule has 0 aromatic carbocycles. The molecule has 2 fully saturated rings. The van der Waals surface area contributed by atoms with Crippen LogP contribution in [0.2, 0.25) is 0 Å². The van der Waals surface area contributed by atoms with Crippen LogP contribution in [-0.4, -0.2) is 36.5 Å². The van der Waals surface area contributed by atoms with Crippen LogP contribution < -0.4 is 5.32 Å². The number of esters is 1. The van der Waals surface area contributed by atoms with E-state index in [1.165, 1.54) is 11.9 Å². The lowest BCUT2D eigenvalue weighted by atomic mass is 9.92. The number of carbonyl (C=O) groups is 3. The van der Waals surface area contributed by atoms with E-state index in [0.717, 1.165) is 0 Å². The molecule has 0 aromatic heterocycles. The zero-order valence-electron chi connectivity index (χ0n) is 9.73. The summed E-state index contributed by atoms with van der Waals surface area (Å²) >= 11 is 0. The number of ether oxygens (including phenoxy) is 1. The summed E-state index contributed by atoms with van der Waals surface area (Å²) in [4.78, 5) is 35.4. The van der Waals surface area contributed by atoms with Gasteiger partial charge in [0.2, 0.25) is 0 Å².